The minimum Gasteiger partial charge on any atom is -0.394 e. The largest absolute Gasteiger partial charge is 0.394 e. The maximum Gasteiger partial charge on any atom is 0.251 e. The summed E-state index contributed by atoms with van der Waals surface area (Å²) >= 11 is 0. The molecule has 36 heavy (non-hydrogen) atoms. The van der Waals surface area contributed by atoms with Gasteiger partial charge in [-0.15, -0.1) is 0 Å². The van der Waals surface area contributed by atoms with Crippen LogP contribution in [0.15, 0.2) is 73.1 Å². The summed E-state index contributed by atoms with van der Waals surface area (Å²) in [5, 5.41) is 16.0. The lowest BCUT2D eigenvalue weighted by atomic mass is 10.0. The number of nitrogens with one attached hydrogen (secondary N) is 2. The average Bonchev–Trinajstić information content (AvgIpc) is 2.92. The quantitative estimate of drug-likeness (QED) is 0.450. The molecular weight excluding hydrogens is 452 g/mol. The molecular formula is C29H34N4O3. The summed E-state index contributed by atoms with van der Waals surface area (Å²) in [6.45, 7) is 6.06. The molecule has 0 bridgehead atoms. The maximum atomic E-state index is 12.9. The molecule has 3 aromatic rings. The number of aliphatic hydroxyl groups excluding tert-OH is 1. The molecule has 7 nitrogen and oxygen atoms in total. The van der Waals surface area contributed by atoms with Crippen molar-refractivity contribution >= 4 is 11.8 Å². The summed E-state index contributed by atoms with van der Waals surface area (Å²) in [7, 11) is 0. The van der Waals surface area contributed by atoms with Crippen LogP contribution in [-0.2, 0) is 0 Å². The highest BCUT2D eigenvalue weighted by Gasteiger charge is 2.23. The van der Waals surface area contributed by atoms with Gasteiger partial charge in [-0.2, -0.15) is 0 Å². The number of nitrogens with zero attached hydrogens (tertiary/aromatic N) is 2. The fourth-order valence-electron chi connectivity index (χ4n) is 4.56. The standard InChI is InChI=1S/C29H34N4O3/c1-20(2)33-16-12-26(13-17-33)31-29(36)25-5-3-4-24(18-25)27(19-34)32-28(35)23-8-6-21(7-9-23)22-10-14-30-15-11-22/h3-11,14-15,18,20,26-27,34H,12-13,16-17,19H2,1-2H3,(H,31,36)(H,32,35)/t27-/m1/s1. The highest BCUT2D eigenvalue weighted by molar-refractivity contribution is 5.96. The lowest BCUT2D eigenvalue weighted by Gasteiger charge is -2.34. The first-order chi connectivity index (χ1) is 17.4. The smallest absolute Gasteiger partial charge is 0.251 e. The molecule has 1 aromatic heterocycles. The minimum atomic E-state index is -0.626. The van der Waals surface area contributed by atoms with Gasteiger partial charge < -0.3 is 20.6 Å². The molecule has 1 aliphatic rings. The molecule has 1 aliphatic heterocycles. The fourth-order valence-corrected chi connectivity index (χ4v) is 4.56. The van der Waals surface area contributed by atoms with Crippen molar-refractivity contribution in [1.82, 2.24) is 20.5 Å². The number of carbonyl (C=O) groups excluding carboxylic acids is 2. The van der Waals surface area contributed by atoms with E-state index in [1.54, 1.807) is 42.7 Å². The van der Waals surface area contributed by atoms with Crippen LogP contribution in [0.4, 0.5) is 0 Å². The Kier molecular flexibility index (Phi) is 8.46. The van der Waals surface area contributed by atoms with Gasteiger partial charge in [-0.3, -0.25) is 14.6 Å². The van der Waals surface area contributed by atoms with Crippen LogP contribution in [0.5, 0.6) is 0 Å². The Bertz CT molecular complexity index is 1160. The van der Waals surface area contributed by atoms with E-state index in [1.807, 2.05) is 30.3 Å². The van der Waals surface area contributed by atoms with E-state index in [0.29, 0.717) is 22.7 Å². The lowest BCUT2D eigenvalue weighted by molar-refractivity contribution is 0.0899. The molecule has 0 spiro atoms. The molecule has 1 fully saturated rings. The van der Waals surface area contributed by atoms with Crippen molar-refractivity contribution < 1.29 is 14.7 Å². The van der Waals surface area contributed by atoms with Crippen molar-refractivity contribution in [2.24, 2.45) is 0 Å². The molecule has 0 aliphatic carbocycles. The molecule has 188 valence electrons. The second-order valence-corrected chi connectivity index (χ2v) is 9.52. The number of carbonyl (C=O) groups is 2. The molecule has 1 atom stereocenters. The zero-order chi connectivity index (χ0) is 25.5. The molecule has 2 amide bonds. The van der Waals surface area contributed by atoms with Crippen molar-refractivity contribution in [1.29, 1.82) is 0 Å². The van der Waals surface area contributed by atoms with E-state index in [1.165, 1.54) is 0 Å². The predicted octanol–water partition coefficient (Wildman–Crippen LogP) is 3.81. The Morgan fingerprint density at radius 2 is 1.61 bits per heavy atom. The Labute approximate surface area is 212 Å². The monoisotopic (exact) mass is 486 g/mol. The molecule has 0 radical (unpaired) electrons. The van der Waals surface area contributed by atoms with Crippen LogP contribution in [0.2, 0.25) is 0 Å². The third kappa shape index (κ3) is 6.36. The average molecular weight is 487 g/mol. The van der Waals surface area contributed by atoms with Crippen molar-refractivity contribution in [3.05, 3.63) is 89.7 Å². The third-order valence-electron chi connectivity index (χ3n) is 6.79. The Hall–Kier alpha value is -3.55. The number of likely N-dealkylation sites (tertiary alicyclic amines) is 1. The van der Waals surface area contributed by atoms with Gasteiger partial charge in [-0.1, -0.05) is 24.3 Å². The summed E-state index contributed by atoms with van der Waals surface area (Å²) in [6, 6.07) is 18.2. The number of pyridine rings is 1. The zero-order valence-corrected chi connectivity index (χ0v) is 20.9. The van der Waals surface area contributed by atoms with Crippen molar-refractivity contribution in [2.45, 2.75) is 44.8 Å². The van der Waals surface area contributed by atoms with E-state index >= 15 is 0 Å². The SMILES string of the molecule is CC(C)N1CCC(NC(=O)c2cccc([C@@H](CO)NC(=O)c3ccc(-c4ccncc4)cc3)c2)CC1. The first-order valence-electron chi connectivity index (χ1n) is 12.5. The fraction of sp³-hybridized carbons (Fsp3) is 0.345. The van der Waals surface area contributed by atoms with E-state index in [4.69, 9.17) is 0 Å². The summed E-state index contributed by atoms with van der Waals surface area (Å²) in [4.78, 5) is 32.2. The second-order valence-electron chi connectivity index (χ2n) is 9.52. The van der Waals surface area contributed by atoms with Gasteiger partial charge in [0.05, 0.1) is 12.6 Å². The molecule has 2 heterocycles. The van der Waals surface area contributed by atoms with Gasteiger partial charge in [0.15, 0.2) is 0 Å². The van der Waals surface area contributed by atoms with Crippen LogP contribution < -0.4 is 10.6 Å². The van der Waals surface area contributed by atoms with Crippen LogP contribution in [0.3, 0.4) is 0 Å². The first-order valence-corrected chi connectivity index (χ1v) is 12.5. The topological polar surface area (TPSA) is 94.6 Å². The Morgan fingerprint density at radius 1 is 0.944 bits per heavy atom. The number of rotatable bonds is 8. The summed E-state index contributed by atoms with van der Waals surface area (Å²) in [5.41, 5.74) is 3.70. The van der Waals surface area contributed by atoms with Crippen LogP contribution in [0, 0.1) is 0 Å². The lowest BCUT2D eigenvalue weighted by Crippen LogP contribution is -2.46. The molecule has 2 aromatic carbocycles. The second kappa shape index (κ2) is 11.9. The minimum absolute atomic E-state index is 0.130. The van der Waals surface area contributed by atoms with E-state index in [2.05, 4.69) is 34.4 Å². The number of hydrogen-bond donors (Lipinski definition) is 3. The molecule has 1 saturated heterocycles. The molecule has 4 rings (SSSR count). The molecule has 7 heteroatoms. The van der Waals surface area contributed by atoms with Gasteiger partial charge in [0.25, 0.3) is 11.8 Å². The molecule has 3 N–H and O–H groups in total. The van der Waals surface area contributed by atoms with Crippen LogP contribution in [0.1, 0.15) is 59.0 Å². The van der Waals surface area contributed by atoms with Crippen molar-refractivity contribution in [3.63, 3.8) is 0 Å². The van der Waals surface area contributed by atoms with Gasteiger partial charge in [-0.25, -0.2) is 0 Å². The van der Waals surface area contributed by atoms with E-state index in [9.17, 15) is 14.7 Å². The maximum absolute atomic E-state index is 12.9. The summed E-state index contributed by atoms with van der Waals surface area (Å²) in [5.74, 6) is -0.420. The van der Waals surface area contributed by atoms with Crippen molar-refractivity contribution in [2.75, 3.05) is 19.7 Å². The number of benzene rings is 2. The number of aliphatic hydroxyl groups is 1. The number of aromatic nitrogens is 1. The summed E-state index contributed by atoms with van der Waals surface area (Å²) < 4.78 is 0. The van der Waals surface area contributed by atoms with Gasteiger partial charge >= 0.3 is 0 Å². The highest BCUT2D eigenvalue weighted by Crippen LogP contribution is 2.20. The van der Waals surface area contributed by atoms with E-state index in [0.717, 1.165) is 37.1 Å². The van der Waals surface area contributed by atoms with Crippen LogP contribution in [-0.4, -0.2) is 58.6 Å². The number of hydrogen-bond acceptors (Lipinski definition) is 5. The Balaban J connectivity index is 1.38. The van der Waals surface area contributed by atoms with E-state index in [-0.39, 0.29) is 24.5 Å². The summed E-state index contributed by atoms with van der Waals surface area (Å²) in [6.07, 6.45) is 5.31. The van der Waals surface area contributed by atoms with Gasteiger partial charge in [-0.05, 0) is 79.8 Å². The van der Waals surface area contributed by atoms with Crippen molar-refractivity contribution in [3.8, 4) is 11.1 Å². The van der Waals surface area contributed by atoms with Gasteiger partial charge in [0.1, 0.15) is 0 Å². The van der Waals surface area contributed by atoms with Gasteiger partial charge in [0.2, 0.25) is 0 Å². The van der Waals surface area contributed by atoms with E-state index < -0.39 is 6.04 Å². The van der Waals surface area contributed by atoms with Crippen LogP contribution >= 0.6 is 0 Å². The highest BCUT2D eigenvalue weighted by atomic mass is 16.3. The third-order valence-corrected chi connectivity index (χ3v) is 6.79. The number of amides is 2. The predicted molar refractivity (Wildman–Crippen MR) is 141 cm³/mol. The number of piperidine rings is 1. The molecule has 0 unspecified atom stereocenters. The zero-order valence-electron chi connectivity index (χ0n) is 20.9. The normalized spacial score (nSPS) is 15.4. The first kappa shape index (κ1) is 25.5. The van der Waals surface area contributed by atoms with Crippen LogP contribution in [0.25, 0.3) is 11.1 Å². The Morgan fingerprint density at radius 3 is 2.25 bits per heavy atom. The molecule has 0 saturated carbocycles. The van der Waals surface area contributed by atoms with Gasteiger partial charge in [0, 0.05) is 48.7 Å².